The molecule has 0 unspecified atom stereocenters. The van der Waals surface area contributed by atoms with Gasteiger partial charge >= 0.3 is 17.9 Å². The fourth-order valence-corrected chi connectivity index (χ4v) is 9.11. The van der Waals surface area contributed by atoms with Crippen molar-refractivity contribution in [1.29, 1.82) is 0 Å². The molecule has 0 radical (unpaired) electrons. The lowest BCUT2D eigenvalue weighted by molar-refractivity contribution is -0.157. The van der Waals surface area contributed by atoms with Gasteiger partial charge in [0.05, 0.1) is 0 Å². The lowest BCUT2D eigenvalue weighted by Crippen LogP contribution is -2.56. The smallest absolute Gasteiger partial charge is 0.306 e. The number of hydrogen-bond acceptors (Lipinski definition) is 10. The molecule has 0 saturated heterocycles. The van der Waals surface area contributed by atoms with Gasteiger partial charge in [0.25, 0.3) is 0 Å². The van der Waals surface area contributed by atoms with E-state index in [4.69, 9.17) is 20.3 Å². The van der Waals surface area contributed by atoms with Gasteiger partial charge in [-0.2, -0.15) is 11.8 Å². The summed E-state index contributed by atoms with van der Waals surface area (Å²) in [7, 11) is 0. The number of nitrogens with two attached hydrogens (primary N) is 1. The van der Waals surface area contributed by atoms with Gasteiger partial charge in [-0.05, 0) is 32.6 Å². The van der Waals surface area contributed by atoms with Gasteiger partial charge in [0.15, 0.2) is 0 Å². The van der Waals surface area contributed by atoms with Crippen LogP contribution in [0.2, 0.25) is 0 Å². The fraction of sp³-hybridized carbons (Fsp3) is 0.870. The molecule has 6 N–H and O–H groups in total. The van der Waals surface area contributed by atoms with Crippen molar-refractivity contribution < 1.29 is 48.1 Å². The Morgan fingerprint density at radius 3 is 1.30 bits per heavy atom. The van der Waals surface area contributed by atoms with Gasteiger partial charge in [-0.3, -0.25) is 33.6 Å². The molecule has 0 bridgehead atoms. The molecule has 4 amide bonds. The molecule has 0 spiro atoms. The Hall–Kier alpha value is -3.36. The highest BCUT2D eigenvalue weighted by Gasteiger charge is 2.28. The van der Waals surface area contributed by atoms with E-state index in [2.05, 4.69) is 36.7 Å². The van der Waals surface area contributed by atoms with E-state index >= 15 is 0 Å². The average molecular weight is 997 g/mol. The number of hydrogen-bond donors (Lipinski definition) is 5. The minimum absolute atomic E-state index is 0.0612. The average Bonchev–Trinajstić information content (AvgIpc) is 3.31. The molecule has 0 rings (SSSR count). The molecule has 15 heteroatoms. The molecule has 0 aromatic heterocycles. The van der Waals surface area contributed by atoms with E-state index in [0.29, 0.717) is 12.8 Å². The van der Waals surface area contributed by atoms with Crippen LogP contribution in [-0.2, 0) is 43.0 Å². The SMILES string of the molecule is CCCCCCCCCCCCCCCC(=O)N[C@@H](CSC[C@@H](COC(=O)CCCCCCCCCCC)OC(=O)CCCCCCCCCCC)C(=O)N[C@H](C)C(=O)N[C@@H](CCC(=O)O)C(N)=O. The number of primary amides is 1. The van der Waals surface area contributed by atoms with Gasteiger partial charge in [-0.25, -0.2) is 0 Å². The quantitative estimate of drug-likeness (QED) is 0.0285. The summed E-state index contributed by atoms with van der Waals surface area (Å²) in [4.78, 5) is 88.9. The first-order chi connectivity index (χ1) is 33.3. The topological polar surface area (TPSA) is 220 Å². The van der Waals surface area contributed by atoms with E-state index in [9.17, 15) is 33.6 Å². The van der Waals surface area contributed by atoms with Crippen LogP contribution in [0.15, 0.2) is 0 Å². The van der Waals surface area contributed by atoms with Gasteiger partial charge in [0.2, 0.25) is 23.6 Å². The van der Waals surface area contributed by atoms with Crippen LogP contribution in [0.5, 0.6) is 0 Å². The number of unbranched alkanes of at least 4 members (excludes halogenated alkanes) is 28. The fourth-order valence-electron chi connectivity index (χ4n) is 8.08. The number of carboxylic acid groups (broad SMARTS) is 1. The first-order valence-corrected chi connectivity index (χ1v) is 28.8. The molecular weight excluding hydrogens is 897 g/mol. The second-order valence-electron chi connectivity index (χ2n) is 19.2. The van der Waals surface area contributed by atoms with Crippen molar-refractivity contribution >= 4 is 53.3 Å². The summed E-state index contributed by atoms with van der Waals surface area (Å²) in [6.07, 6.45) is 34.7. The highest BCUT2D eigenvalue weighted by atomic mass is 32.2. The number of esters is 2. The van der Waals surface area contributed by atoms with E-state index in [1.54, 1.807) is 0 Å². The predicted molar refractivity (Wildman–Crippen MR) is 280 cm³/mol. The van der Waals surface area contributed by atoms with Gasteiger partial charge < -0.3 is 36.3 Å². The summed E-state index contributed by atoms with van der Waals surface area (Å²) in [5.41, 5.74) is 5.40. The van der Waals surface area contributed by atoms with E-state index in [-0.39, 0.29) is 61.6 Å². The Morgan fingerprint density at radius 1 is 0.478 bits per heavy atom. The molecule has 0 saturated carbocycles. The minimum Gasteiger partial charge on any atom is -0.481 e. The van der Waals surface area contributed by atoms with E-state index < -0.39 is 54.3 Å². The third kappa shape index (κ3) is 42.1. The zero-order chi connectivity index (χ0) is 51.2. The molecule has 0 aliphatic rings. The van der Waals surface area contributed by atoms with Crippen LogP contribution in [0.25, 0.3) is 0 Å². The molecule has 0 aliphatic carbocycles. The summed E-state index contributed by atoms with van der Waals surface area (Å²) in [5.74, 6) is -4.25. The Bertz CT molecular complexity index is 1350. The van der Waals surface area contributed by atoms with Crippen LogP contribution in [0, 0.1) is 0 Å². The second kappa shape index (κ2) is 47.0. The predicted octanol–water partition coefficient (Wildman–Crippen LogP) is 11.3. The van der Waals surface area contributed by atoms with Crippen LogP contribution in [0.1, 0.15) is 259 Å². The lowest BCUT2D eigenvalue weighted by Gasteiger charge is -2.23. The lowest BCUT2D eigenvalue weighted by atomic mass is 10.0. The Morgan fingerprint density at radius 2 is 0.884 bits per heavy atom. The molecule has 4 atom stereocenters. The van der Waals surface area contributed by atoms with Crippen molar-refractivity contribution in [3.63, 3.8) is 0 Å². The maximum atomic E-state index is 13.7. The first kappa shape index (κ1) is 65.6. The van der Waals surface area contributed by atoms with Crippen molar-refractivity contribution in [2.24, 2.45) is 5.73 Å². The molecule has 69 heavy (non-hydrogen) atoms. The molecular formula is C54H100N4O10S. The van der Waals surface area contributed by atoms with Gasteiger partial charge in [-0.15, -0.1) is 0 Å². The number of amides is 4. The zero-order valence-corrected chi connectivity index (χ0v) is 44.8. The number of carbonyl (C=O) groups excluding carboxylic acids is 6. The van der Waals surface area contributed by atoms with Crippen LogP contribution in [0.4, 0.5) is 0 Å². The second-order valence-corrected chi connectivity index (χ2v) is 20.3. The summed E-state index contributed by atoms with van der Waals surface area (Å²) in [6, 6.07) is -3.49. The number of ether oxygens (including phenoxy) is 2. The molecule has 14 nitrogen and oxygen atoms in total. The van der Waals surface area contributed by atoms with E-state index in [1.807, 2.05) is 0 Å². The first-order valence-electron chi connectivity index (χ1n) is 27.7. The third-order valence-electron chi connectivity index (χ3n) is 12.5. The minimum atomic E-state index is -1.25. The summed E-state index contributed by atoms with van der Waals surface area (Å²) in [6.45, 7) is 7.92. The van der Waals surface area contributed by atoms with Crippen molar-refractivity contribution in [2.75, 3.05) is 18.1 Å². The maximum Gasteiger partial charge on any atom is 0.306 e. The van der Waals surface area contributed by atoms with Crippen LogP contribution in [0.3, 0.4) is 0 Å². The largest absolute Gasteiger partial charge is 0.481 e. The monoisotopic (exact) mass is 997 g/mol. The molecule has 0 fully saturated rings. The van der Waals surface area contributed by atoms with Crippen LogP contribution >= 0.6 is 11.8 Å². The van der Waals surface area contributed by atoms with E-state index in [0.717, 1.165) is 64.2 Å². The zero-order valence-electron chi connectivity index (χ0n) is 44.0. The van der Waals surface area contributed by atoms with Gasteiger partial charge in [0, 0.05) is 37.2 Å². The van der Waals surface area contributed by atoms with Crippen LogP contribution in [-0.4, -0.2) is 89.0 Å². The summed E-state index contributed by atoms with van der Waals surface area (Å²) < 4.78 is 11.5. The van der Waals surface area contributed by atoms with Crippen LogP contribution < -0.4 is 21.7 Å². The highest BCUT2D eigenvalue weighted by Crippen LogP contribution is 2.17. The number of carbonyl (C=O) groups is 7. The molecule has 402 valence electrons. The standard InChI is InChI=1S/C54H100N4O10S/c1-5-8-11-14-17-20-21-22-23-26-27-30-33-36-48(59)57-47(54(66)56-44(4)53(65)58-46(52(55)64)39-40-49(60)61)43-69-42-45(68-51(63)38-35-32-29-25-19-16-13-10-7-3)41-67-50(62)37-34-31-28-24-18-15-12-9-6-2/h44-47H,5-43H2,1-4H3,(H2,55,64)(H,56,66)(H,57,59)(H,58,65)(H,60,61)/t44-,45-,46+,47+/m1/s1. The van der Waals surface area contributed by atoms with Crippen molar-refractivity contribution in [2.45, 2.75) is 283 Å². The van der Waals surface area contributed by atoms with Gasteiger partial charge in [-0.1, -0.05) is 201 Å². The van der Waals surface area contributed by atoms with Crippen molar-refractivity contribution in [1.82, 2.24) is 16.0 Å². The highest BCUT2D eigenvalue weighted by molar-refractivity contribution is 7.99. The Balaban J connectivity index is 5.56. The number of carboxylic acids is 1. The molecule has 0 aromatic carbocycles. The Kier molecular flexibility index (Phi) is 44.7. The summed E-state index contributed by atoms with van der Waals surface area (Å²) in [5, 5.41) is 16.9. The normalized spacial score (nSPS) is 12.9. The summed E-state index contributed by atoms with van der Waals surface area (Å²) >= 11 is 1.26. The van der Waals surface area contributed by atoms with Crippen molar-refractivity contribution in [3.05, 3.63) is 0 Å². The van der Waals surface area contributed by atoms with Crippen molar-refractivity contribution in [3.8, 4) is 0 Å². The number of thioether (sulfide) groups is 1. The van der Waals surface area contributed by atoms with E-state index in [1.165, 1.54) is 141 Å². The molecule has 0 aliphatic heterocycles. The Labute approximate surface area is 422 Å². The van der Waals surface area contributed by atoms with Gasteiger partial charge in [0.1, 0.15) is 30.8 Å². The number of aliphatic carboxylic acids is 1. The maximum absolute atomic E-state index is 13.7. The number of rotatable bonds is 50. The molecule has 0 aromatic rings. The number of nitrogens with one attached hydrogen (secondary N) is 3. The third-order valence-corrected chi connectivity index (χ3v) is 13.7. The molecule has 0 heterocycles.